The largest absolute Gasteiger partial charge is 0.472 e. The average Bonchev–Trinajstić information content (AvgIpc) is 3.12. The van der Waals surface area contributed by atoms with E-state index in [1.54, 1.807) is 0 Å². The van der Waals surface area contributed by atoms with Crippen LogP contribution in [0.5, 0.6) is 0 Å². The maximum atomic E-state index is 12.8. The van der Waals surface area contributed by atoms with E-state index in [0.717, 1.165) is 51.4 Å². The zero-order chi connectivity index (χ0) is 37.5. The van der Waals surface area contributed by atoms with Crippen LogP contribution in [0.25, 0.3) is 0 Å². The molecular weight excluding hydrogens is 659 g/mol. The van der Waals surface area contributed by atoms with Crippen LogP contribution < -0.4 is 11.1 Å². The minimum Gasteiger partial charge on any atom is -0.391 e. The minimum atomic E-state index is -4.31. The number of nitrogens with one attached hydrogen (secondary N) is 1. The molecule has 0 aromatic heterocycles. The van der Waals surface area contributed by atoms with Gasteiger partial charge in [-0.15, -0.1) is 0 Å². The van der Waals surface area contributed by atoms with Gasteiger partial charge in [0, 0.05) is 13.0 Å². The van der Waals surface area contributed by atoms with Crippen molar-refractivity contribution in [1.29, 1.82) is 0 Å². The summed E-state index contributed by atoms with van der Waals surface area (Å²) in [6, 6.07) is -0.776. The number of aliphatic hydroxyl groups is 1. The summed E-state index contributed by atoms with van der Waals surface area (Å²) in [6.45, 7) is 4.18. The summed E-state index contributed by atoms with van der Waals surface area (Å²) in [4.78, 5) is 22.7. The predicted molar refractivity (Wildman–Crippen MR) is 217 cm³/mol. The molecule has 0 heterocycles. The molecule has 0 rings (SSSR count). The second-order valence-electron chi connectivity index (χ2n) is 14.6. The lowest BCUT2D eigenvalue weighted by molar-refractivity contribution is -0.123. The lowest BCUT2D eigenvalue weighted by Crippen LogP contribution is -2.46. The van der Waals surface area contributed by atoms with Crippen molar-refractivity contribution in [3.05, 3.63) is 24.3 Å². The molecule has 9 heteroatoms. The SMILES string of the molecule is CCCCC/C=C\C/C=C\CCCCCCCCCC(=O)NC(COP(=O)(O)OCCN)C(O)CCCCCCCCCCCCCCCCC. The number of amides is 1. The number of phosphoric acid groups is 1. The fourth-order valence-electron chi connectivity index (χ4n) is 6.28. The molecule has 0 saturated carbocycles. The summed E-state index contributed by atoms with van der Waals surface area (Å²) in [5, 5.41) is 13.8. The molecular formula is C42H83N2O6P. The highest BCUT2D eigenvalue weighted by Crippen LogP contribution is 2.43. The van der Waals surface area contributed by atoms with Gasteiger partial charge < -0.3 is 21.1 Å². The van der Waals surface area contributed by atoms with Crippen molar-refractivity contribution < 1.29 is 28.4 Å². The Kier molecular flexibility index (Phi) is 37.9. The topological polar surface area (TPSA) is 131 Å². The number of phosphoric ester groups is 1. The molecule has 3 unspecified atom stereocenters. The van der Waals surface area contributed by atoms with Crippen molar-refractivity contribution in [2.75, 3.05) is 19.8 Å². The predicted octanol–water partition coefficient (Wildman–Crippen LogP) is 11.8. The van der Waals surface area contributed by atoms with Gasteiger partial charge in [0.1, 0.15) is 0 Å². The van der Waals surface area contributed by atoms with Gasteiger partial charge in [-0.25, -0.2) is 4.57 Å². The van der Waals surface area contributed by atoms with Crippen LogP contribution in [0.2, 0.25) is 0 Å². The number of allylic oxidation sites excluding steroid dienone is 4. The van der Waals surface area contributed by atoms with Crippen LogP contribution in [0, 0.1) is 0 Å². The van der Waals surface area contributed by atoms with Gasteiger partial charge in [-0.05, 0) is 44.9 Å². The molecule has 0 aromatic rings. The summed E-state index contributed by atoms with van der Waals surface area (Å²) >= 11 is 0. The van der Waals surface area contributed by atoms with Crippen molar-refractivity contribution in [3.63, 3.8) is 0 Å². The summed E-state index contributed by atoms with van der Waals surface area (Å²) in [7, 11) is -4.31. The molecule has 8 nitrogen and oxygen atoms in total. The molecule has 0 spiro atoms. The Bertz CT molecular complexity index is 855. The lowest BCUT2D eigenvalue weighted by Gasteiger charge is -2.25. The van der Waals surface area contributed by atoms with Gasteiger partial charge in [0.05, 0.1) is 25.4 Å². The molecule has 0 fully saturated rings. The highest BCUT2D eigenvalue weighted by Gasteiger charge is 2.27. The molecule has 302 valence electrons. The Hall–Kier alpha value is -1.02. The third-order valence-electron chi connectivity index (χ3n) is 9.56. The van der Waals surface area contributed by atoms with Crippen LogP contribution in [0.3, 0.4) is 0 Å². The summed E-state index contributed by atoms with van der Waals surface area (Å²) in [6.07, 6.45) is 43.2. The Morgan fingerprint density at radius 2 is 1.08 bits per heavy atom. The van der Waals surface area contributed by atoms with E-state index in [-0.39, 0.29) is 25.7 Å². The molecule has 0 bridgehead atoms. The number of hydrogen-bond donors (Lipinski definition) is 4. The van der Waals surface area contributed by atoms with Gasteiger partial charge in [0.15, 0.2) is 0 Å². The Labute approximate surface area is 315 Å². The first-order valence-electron chi connectivity index (χ1n) is 21.5. The molecule has 0 aromatic carbocycles. The number of aliphatic hydroxyl groups excluding tert-OH is 1. The van der Waals surface area contributed by atoms with Gasteiger partial charge in [0.25, 0.3) is 0 Å². The van der Waals surface area contributed by atoms with E-state index in [4.69, 9.17) is 14.8 Å². The summed E-state index contributed by atoms with van der Waals surface area (Å²) in [5.74, 6) is -0.169. The average molecular weight is 743 g/mol. The molecule has 0 saturated heterocycles. The molecule has 0 radical (unpaired) electrons. The summed E-state index contributed by atoms with van der Waals surface area (Å²) < 4.78 is 22.2. The van der Waals surface area contributed by atoms with E-state index in [1.165, 1.54) is 128 Å². The van der Waals surface area contributed by atoms with E-state index in [2.05, 4.69) is 43.5 Å². The smallest absolute Gasteiger partial charge is 0.391 e. The van der Waals surface area contributed by atoms with Crippen molar-refractivity contribution in [1.82, 2.24) is 5.32 Å². The number of rotatable bonds is 40. The zero-order valence-corrected chi connectivity index (χ0v) is 34.2. The van der Waals surface area contributed by atoms with Crippen molar-refractivity contribution in [2.45, 2.75) is 219 Å². The van der Waals surface area contributed by atoms with Crippen LogP contribution in [0.1, 0.15) is 206 Å². The quantitative estimate of drug-likeness (QED) is 0.0279. The van der Waals surface area contributed by atoms with Crippen LogP contribution >= 0.6 is 7.82 Å². The third kappa shape index (κ3) is 37.1. The van der Waals surface area contributed by atoms with Gasteiger partial charge in [-0.3, -0.25) is 13.8 Å². The van der Waals surface area contributed by atoms with E-state index < -0.39 is 20.0 Å². The fraction of sp³-hybridized carbons (Fsp3) is 0.881. The summed E-state index contributed by atoms with van der Waals surface area (Å²) in [5.41, 5.74) is 5.38. The van der Waals surface area contributed by atoms with Gasteiger partial charge in [-0.1, -0.05) is 179 Å². The lowest BCUT2D eigenvalue weighted by atomic mass is 10.0. The maximum Gasteiger partial charge on any atom is 0.472 e. The van der Waals surface area contributed by atoms with Gasteiger partial charge in [0.2, 0.25) is 5.91 Å². The number of hydrogen-bond acceptors (Lipinski definition) is 6. The minimum absolute atomic E-state index is 0.0879. The second-order valence-corrected chi connectivity index (χ2v) is 16.0. The van der Waals surface area contributed by atoms with Crippen molar-refractivity contribution >= 4 is 13.7 Å². The van der Waals surface area contributed by atoms with E-state index in [0.29, 0.717) is 12.8 Å². The van der Waals surface area contributed by atoms with Crippen molar-refractivity contribution in [2.24, 2.45) is 5.73 Å². The second kappa shape index (κ2) is 38.7. The molecule has 51 heavy (non-hydrogen) atoms. The Balaban J connectivity index is 4.18. The zero-order valence-electron chi connectivity index (χ0n) is 33.4. The Morgan fingerprint density at radius 1 is 0.647 bits per heavy atom. The first kappa shape index (κ1) is 50.0. The molecule has 0 aliphatic rings. The number of carbonyl (C=O) groups excluding carboxylic acids is 1. The normalized spacial score (nSPS) is 14.4. The molecule has 0 aliphatic heterocycles. The van der Waals surface area contributed by atoms with Crippen LogP contribution in [0.15, 0.2) is 24.3 Å². The van der Waals surface area contributed by atoms with Crippen LogP contribution in [0.4, 0.5) is 0 Å². The van der Waals surface area contributed by atoms with E-state index in [9.17, 15) is 19.4 Å². The van der Waals surface area contributed by atoms with Crippen LogP contribution in [-0.2, 0) is 18.4 Å². The fourth-order valence-corrected chi connectivity index (χ4v) is 7.04. The number of carbonyl (C=O) groups is 1. The standard InChI is InChI=1S/C42H83N2O6P/c1-3-5-7-9-11-13-15-17-19-20-22-24-26-28-30-32-34-36-42(46)44-40(39-50-51(47,48)49-38-37-43)41(45)35-33-31-29-27-25-23-21-18-16-14-12-10-8-6-4-2/h11,13,17,19,40-41,45H,3-10,12,14-16,18,20-39,43H2,1-2H3,(H,44,46)(H,47,48)/b13-11-,19-17-. The number of unbranched alkanes of at least 4 members (excludes halogenated alkanes) is 24. The molecule has 3 atom stereocenters. The first-order chi connectivity index (χ1) is 24.9. The molecule has 1 amide bonds. The monoisotopic (exact) mass is 743 g/mol. The van der Waals surface area contributed by atoms with Crippen LogP contribution in [-0.4, -0.2) is 47.8 Å². The number of nitrogens with two attached hydrogens (primary N) is 1. The maximum absolute atomic E-state index is 12.8. The Morgan fingerprint density at radius 3 is 1.59 bits per heavy atom. The van der Waals surface area contributed by atoms with Gasteiger partial charge in [-0.2, -0.15) is 0 Å². The highest BCUT2D eigenvalue weighted by molar-refractivity contribution is 7.47. The molecule has 0 aliphatic carbocycles. The first-order valence-corrected chi connectivity index (χ1v) is 22.9. The highest BCUT2D eigenvalue weighted by atomic mass is 31.2. The van der Waals surface area contributed by atoms with Crippen molar-refractivity contribution in [3.8, 4) is 0 Å². The van der Waals surface area contributed by atoms with Gasteiger partial charge >= 0.3 is 7.82 Å². The molecule has 5 N–H and O–H groups in total. The third-order valence-corrected chi connectivity index (χ3v) is 10.5. The van der Waals surface area contributed by atoms with E-state index >= 15 is 0 Å². The van der Waals surface area contributed by atoms with E-state index in [1.807, 2.05) is 0 Å².